The van der Waals surface area contributed by atoms with Crippen molar-refractivity contribution in [3.8, 4) is 11.5 Å². The van der Waals surface area contributed by atoms with E-state index in [1.54, 1.807) is 0 Å². The number of hydrogen-bond donors (Lipinski definition) is 1. The van der Waals surface area contributed by atoms with Gasteiger partial charge in [0.15, 0.2) is 11.6 Å². The molecule has 190 valence electrons. The number of piperidine rings is 2. The molecule has 1 amide bonds. The van der Waals surface area contributed by atoms with Crippen molar-refractivity contribution < 1.29 is 4.79 Å². The zero-order chi connectivity index (χ0) is 24.9. The Labute approximate surface area is 213 Å². The molecule has 8 heteroatoms. The van der Waals surface area contributed by atoms with Crippen LogP contribution in [0.3, 0.4) is 0 Å². The minimum atomic E-state index is 0.144. The summed E-state index contributed by atoms with van der Waals surface area (Å²) in [7, 11) is 0. The van der Waals surface area contributed by atoms with Gasteiger partial charge in [-0.1, -0.05) is 13.0 Å². The van der Waals surface area contributed by atoms with Gasteiger partial charge in [-0.05, 0) is 76.4 Å². The Bertz CT molecular complexity index is 1150. The number of amides is 1. The van der Waals surface area contributed by atoms with Crippen LogP contribution in [0.5, 0.6) is 0 Å². The van der Waals surface area contributed by atoms with E-state index in [-0.39, 0.29) is 12.0 Å². The van der Waals surface area contributed by atoms with Crippen LogP contribution in [0.25, 0.3) is 11.5 Å². The van der Waals surface area contributed by atoms with Crippen molar-refractivity contribution in [3.05, 3.63) is 54.1 Å². The Morgan fingerprint density at radius 2 is 1.92 bits per heavy atom. The third-order valence-electron chi connectivity index (χ3n) is 7.48. The number of aromatic amines is 1. The van der Waals surface area contributed by atoms with Gasteiger partial charge < -0.3 is 14.5 Å². The molecule has 0 bridgehead atoms. The number of nitrogens with zero attached hydrogens (tertiary/aromatic N) is 6. The maximum absolute atomic E-state index is 13.4. The maximum atomic E-state index is 13.4. The van der Waals surface area contributed by atoms with Gasteiger partial charge in [-0.2, -0.15) is 0 Å². The highest BCUT2D eigenvalue weighted by Gasteiger charge is 2.33. The van der Waals surface area contributed by atoms with Gasteiger partial charge in [0.1, 0.15) is 5.69 Å². The Morgan fingerprint density at radius 3 is 2.58 bits per heavy atom. The standard InChI is InChI=1S/C28H37N7O/c1-3-13-31-26-21(2)32-27(25-8-4-5-14-30-25)35(26)24-11-18-34(19-12-24)28(36)22-9-16-33(17-10-22)20-23-7-6-15-29-23/h4-8,13-15,22,24,29H,3,9-12,16-20H2,1-2H3/b31-13-. The van der Waals surface area contributed by atoms with E-state index in [1.165, 1.54) is 5.69 Å². The number of pyridine rings is 1. The summed E-state index contributed by atoms with van der Waals surface area (Å²) in [6.45, 7) is 8.56. The fourth-order valence-corrected chi connectivity index (χ4v) is 5.54. The molecule has 1 N–H and O–H groups in total. The molecule has 0 unspecified atom stereocenters. The molecule has 0 spiro atoms. The van der Waals surface area contributed by atoms with Gasteiger partial charge >= 0.3 is 0 Å². The smallest absolute Gasteiger partial charge is 0.225 e. The second-order valence-corrected chi connectivity index (χ2v) is 9.95. The highest BCUT2D eigenvalue weighted by molar-refractivity contribution is 5.79. The van der Waals surface area contributed by atoms with Crippen molar-refractivity contribution in [1.29, 1.82) is 0 Å². The molecule has 5 rings (SSSR count). The molecule has 2 saturated heterocycles. The number of rotatable bonds is 7. The number of nitrogens with one attached hydrogen (secondary N) is 1. The summed E-state index contributed by atoms with van der Waals surface area (Å²) in [6.07, 6.45) is 10.3. The van der Waals surface area contributed by atoms with Crippen LogP contribution in [0.4, 0.5) is 5.82 Å². The zero-order valence-electron chi connectivity index (χ0n) is 21.4. The van der Waals surface area contributed by atoms with Gasteiger partial charge in [-0.15, -0.1) is 0 Å². The fourth-order valence-electron chi connectivity index (χ4n) is 5.54. The third kappa shape index (κ3) is 5.28. The van der Waals surface area contributed by atoms with Crippen LogP contribution in [0.15, 0.2) is 47.7 Å². The quantitative estimate of drug-likeness (QED) is 0.487. The number of aryl methyl sites for hydroxylation is 1. The average Bonchev–Trinajstić information content (AvgIpc) is 3.55. The first-order chi connectivity index (χ1) is 17.6. The number of aromatic nitrogens is 4. The zero-order valence-corrected chi connectivity index (χ0v) is 21.4. The molecule has 0 atom stereocenters. The number of carbonyl (C=O) groups is 1. The summed E-state index contributed by atoms with van der Waals surface area (Å²) in [5, 5.41) is 0. The second-order valence-electron chi connectivity index (χ2n) is 9.95. The van der Waals surface area contributed by atoms with Gasteiger partial charge in [0.05, 0.1) is 5.69 Å². The number of hydrogen-bond acceptors (Lipinski definition) is 5. The first-order valence-corrected chi connectivity index (χ1v) is 13.3. The predicted octanol–water partition coefficient (Wildman–Crippen LogP) is 4.77. The molecule has 2 fully saturated rings. The lowest BCUT2D eigenvalue weighted by Crippen LogP contribution is -2.45. The van der Waals surface area contributed by atoms with Gasteiger partial charge in [0.25, 0.3) is 0 Å². The first-order valence-electron chi connectivity index (χ1n) is 13.3. The molecule has 2 aliphatic rings. The number of carbonyl (C=O) groups excluding carboxylic acids is 1. The third-order valence-corrected chi connectivity index (χ3v) is 7.48. The van der Waals surface area contributed by atoms with E-state index in [9.17, 15) is 4.79 Å². The monoisotopic (exact) mass is 487 g/mol. The molecule has 5 heterocycles. The summed E-state index contributed by atoms with van der Waals surface area (Å²) in [4.78, 5) is 35.4. The molecule has 2 aliphatic heterocycles. The lowest BCUT2D eigenvalue weighted by molar-refractivity contribution is -0.138. The minimum absolute atomic E-state index is 0.144. The van der Waals surface area contributed by atoms with Crippen LogP contribution in [0.2, 0.25) is 0 Å². The maximum Gasteiger partial charge on any atom is 0.225 e. The van der Waals surface area contributed by atoms with Gasteiger partial charge in [0.2, 0.25) is 5.91 Å². The Balaban J connectivity index is 1.24. The van der Waals surface area contributed by atoms with E-state index in [4.69, 9.17) is 9.98 Å². The molecule has 36 heavy (non-hydrogen) atoms. The second kappa shape index (κ2) is 11.2. The molecular formula is C28H37N7O. The van der Waals surface area contributed by atoms with Crippen LogP contribution < -0.4 is 0 Å². The summed E-state index contributed by atoms with van der Waals surface area (Å²) in [5.74, 6) is 2.27. The molecule has 8 nitrogen and oxygen atoms in total. The lowest BCUT2D eigenvalue weighted by Gasteiger charge is -2.38. The fraction of sp³-hybridized carbons (Fsp3) is 0.500. The number of imidazole rings is 1. The summed E-state index contributed by atoms with van der Waals surface area (Å²) >= 11 is 0. The molecule has 3 aromatic heterocycles. The van der Waals surface area contributed by atoms with Crippen LogP contribution in [0.1, 0.15) is 56.5 Å². The van der Waals surface area contributed by atoms with E-state index in [2.05, 4.69) is 37.3 Å². The van der Waals surface area contributed by atoms with Crippen molar-refractivity contribution in [3.63, 3.8) is 0 Å². The lowest BCUT2D eigenvalue weighted by atomic mass is 9.93. The predicted molar refractivity (Wildman–Crippen MR) is 142 cm³/mol. The minimum Gasteiger partial charge on any atom is -0.364 e. The Morgan fingerprint density at radius 1 is 1.11 bits per heavy atom. The van der Waals surface area contributed by atoms with Gasteiger partial charge in [0, 0.05) is 55.9 Å². The van der Waals surface area contributed by atoms with E-state index < -0.39 is 0 Å². The summed E-state index contributed by atoms with van der Waals surface area (Å²) in [5.41, 5.74) is 3.03. The van der Waals surface area contributed by atoms with Crippen molar-refractivity contribution >= 4 is 17.9 Å². The van der Waals surface area contributed by atoms with Crippen LogP contribution >= 0.6 is 0 Å². The van der Waals surface area contributed by atoms with Crippen molar-refractivity contribution in [1.82, 2.24) is 29.3 Å². The van der Waals surface area contributed by atoms with E-state index in [0.717, 1.165) is 87.9 Å². The SMILES string of the molecule is CC/C=N\c1c(C)nc(-c2ccccn2)n1C1CCN(C(=O)C2CCN(Cc3ccc[nH]3)CC2)CC1. The van der Waals surface area contributed by atoms with Crippen LogP contribution in [0, 0.1) is 12.8 Å². The highest BCUT2D eigenvalue weighted by atomic mass is 16.2. The Hall–Kier alpha value is -3.26. The van der Waals surface area contributed by atoms with Crippen LogP contribution in [-0.2, 0) is 11.3 Å². The number of likely N-dealkylation sites (tertiary alicyclic amines) is 2. The first kappa shape index (κ1) is 24.4. The topological polar surface area (TPSA) is 82.4 Å². The molecule has 0 aliphatic carbocycles. The summed E-state index contributed by atoms with van der Waals surface area (Å²) in [6, 6.07) is 10.3. The largest absolute Gasteiger partial charge is 0.364 e. The van der Waals surface area contributed by atoms with E-state index in [1.807, 2.05) is 49.8 Å². The average molecular weight is 488 g/mol. The van der Waals surface area contributed by atoms with Crippen molar-refractivity contribution in [2.75, 3.05) is 26.2 Å². The number of H-pyrrole nitrogens is 1. The molecule has 0 aromatic carbocycles. The van der Waals surface area contributed by atoms with E-state index >= 15 is 0 Å². The molecule has 3 aromatic rings. The normalized spacial score (nSPS) is 18.3. The van der Waals surface area contributed by atoms with Crippen molar-refractivity contribution in [2.45, 2.75) is 58.5 Å². The highest BCUT2D eigenvalue weighted by Crippen LogP contribution is 2.36. The molecule has 0 radical (unpaired) electrons. The van der Waals surface area contributed by atoms with Crippen LogP contribution in [-0.4, -0.2) is 67.6 Å². The van der Waals surface area contributed by atoms with Gasteiger partial charge in [-0.3, -0.25) is 14.7 Å². The summed E-state index contributed by atoms with van der Waals surface area (Å²) < 4.78 is 2.27. The molecular weight excluding hydrogens is 450 g/mol. The van der Waals surface area contributed by atoms with Crippen molar-refractivity contribution in [2.24, 2.45) is 10.9 Å². The molecule has 0 saturated carbocycles. The number of aliphatic imine (C=N–C) groups is 1. The Kier molecular flexibility index (Phi) is 7.60. The van der Waals surface area contributed by atoms with E-state index in [0.29, 0.717) is 5.91 Å². The van der Waals surface area contributed by atoms with Gasteiger partial charge in [-0.25, -0.2) is 9.98 Å².